The fourth-order valence-electron chi connectivity index (χ4n) is 4.04. The molecule has 2 amide bonds. The van der Waals surface area contributed by atoms with E-state index in [2.05, 4.69) is 19.2 Å². The Kier molecular flexibility index (Phi) is 5.36. The first-order valence-corrected chi connectivity index (χ1v) is 10.1. The monoisotopic (exact) mass is 390 g/mol. The van der Waals surface area contributed by atoms with Gasteiger partial charge in [-0.25, -0.2) is 0 Å². The first kappa shape index (κ1) is 19.9. The molecule has 2 aliphatic rings. The number of thioether (sulfide) groups is 1. The lowest BCUT2D eigenvalue weighted by atomic mass is 9.80. The molecule has 2 fully saturated rings. The molecule has 1 aromatic rings. The summed E-state index contributed by atoms with van der Waals surface area (Å²) in [6.45, 7) is 5.98. The Labute approximate surface area is 164 Å². The number of rotatable bonds is 5. The third-order valence-electron chi connectivity index (χ3n) is 5.77. The van der Waals surface area contributed by atoms with E-state index in [0.717, 1.165) is 21.8 Å². The van der Waals surface area contributed by atoms with E-state index < -0.39 is 29.4 Å². The van der Waals surface area contributed by atoms with E-state index in [1.165, 1.54) is 14.2 Å². The quantitative estimate of drug-likeness (QED) is 0.473. The van der Waals surface area contributed by atoms with Crippen LogP contribution >= 0.6 is 11.8 Å². The number of nitrogens with one attached hydrogen (secondary N) is 1. The molecule has 146 valence electrons. The Balaban J connectivity index is 1.95. The highest BCUT2D eigenvalue weighted by molar-refractivity contribution is 7.99. The predicted molar refractivity (Wildman–Crippen MR) is 103 cm³/mol. The van der Waals surface area contributed by atoms with Crippen molar-refractivity contribution in [3.63, 3.8) is 0 Å². The van der Waals surface area contributed by atoms with Gasteiger partial charge in [-0.1, -0.05) is 26.0 Å². The zero-order valence-electron chi connectivity index (χ0n) is 16.3. The smallest absolute Gasteiger partial charge is 0.326 e. The Morgan fingerprint density at radius 3 is 2.48 bits per heavy atom. The molecule has 5 atom stereocenters. The summed E-state index contributed by atoms with van der Waals surface area (Å²) < 4.78 is 4.94. The maximum atomic E-state index is 12.7. The number of esters is 1. The minimum absolute atomic E-state index is 0.256. The average Bonchev–Trinajstić information content (AvgIpc) is 3.11. The summed E-state index contributed by atoms with van der Waals surface area (Å²) >= 11 is 1.80. The fourth-order valence-corrected chi connectivity index (χ4v) is 4.96. The summed E-state index contributed by atoms with van der Waals surface area (Å²) in [5.41, 5.74) is -0.339. The number of nitrogens with zero attached hydrogens (tertiary/aromatic N) is 1. The number of likely N-dealkylation sites (tertiary alicyclic amines) is 1. The fraction of sp³-hybridized carbons (Fsp3) is 0.550. The summed E-state index contributed by atoms with van der Waals surface area (Å²) in [6, 6.07) is 7.59. The van der Waals surface area contributed by atoms with E-state index in [-0.39, 0.29) is 11.8 Å². The average molecular weight is 391 g/mol. The predicted octanol–water partition coefficient (Wildman–Crippen LogP) is 2.38. The first-order chi connectivity index (χ1) is 12.7. The lowest BCUT2D eigenvalue weighted by molar-refractivity contribution is -0.152. The SMILES string of the molecule is CCC(C)Sc1ccc([C@H]2N[C@@](C)(C(=O)OC)[C@H]3C(=O)N(C)C(=O)[C@@H]23)cc1. The minimum Gasteiger partial charge on any atom is -0.468 e. The summed E-state index contributed by atoms with van der Waals surface area (Å²) in [7, 11) is 2.77. The number of fused-ring (bicyclic) bond motifs is 1. The summed E-state index contributed by atoms with van der Waals surface area (Å²) in [5, 5.41) is 3.76. The van der Waals surface area contributed by atoms with Gasteiger partial charge in [-0.3, -0.25) is 24.6 Å². The Morgan fingerprint density at radius 2 is 1.93 bits per heavy atom. The highest BCUT2D eigenvalue weighted by Crippen LogP contribution is 2.48. The number of carbonyl (C=O) groups is 3. The van der Waals surface area contributed by atoms with Gasteiger partial charge in [0, 0.05) is 23.2 Å². The molecule has 2 heterocycles. The van der Waals surface area contributed by atoms with Gasteiger partial charge in [-0.15, -0.1) is 11.8 Å². The topological polar surface area (TPSA) is 75.7 Å². The van der Waals surface area contributed by atoms with Crippen LogP contribution in [0.25, 0.3) is 0 Å². The van der Waals surface area contributed by atoms with Crippen molar-refractivity contribution in [3.05, 3.63) is 29.8 Å². The van der Waals surface area contributed by atoms with E-state index in [1.807, 2.05) is 24.3 Å². The van der Waals surface area contributed by atoms with Crippen molar-refractivity contribution in [2.45, 2.75) is 48.9 Å². The van der Waals surface area contributed by atoms with Gasteiger partial charge in [0.15, 0.2) is 0 Å². The van der Waals surface area contributed by atoms with E-state index in [9.17, 15) is 14.4 Å². The van der Waals surface area contributed by atoms with Crippen LogP contribution in [0.15, 0.2) is 29.2 Å². The molecule has 0 aromatic heterocycles. The lowest BCUT2D eigenvalue weighted by Crippen LogP contribution is -2.53. The Bertz CT molecular complexity index is 766. The second kappa shape index (κ2) is 7.28. The molecule has 1 unspecified atom stereocenters. The third-order valence-corrected chi connectivity index (χ3v) is 7.05. The van der Waals surface area contributed by atoms with E-state index >= 15 is 0 Å². The van der Waals surface area contributed by atoms with Crippen LogP contribution in [-0.4, -0.2) is 47.6 Å². The third kappa shape index (κ3) is 3.17. The number of hydrogen-bond acceptors (Lipinski definition) is 6. The largest absolute Gasteiger partial charge is 0.468 e. The van der Waals surface area contributed by atoms with Crippen molar-refractivity contribution in [2.24, 2.45) is 11.8 Å². The van der Waals surface area contributed by atoms with Crippen LogP contribution in [0.1, 0.15) is 38.8 Å². The molecular formula is C20H26N2O4S. The molecule has 1 N–H and O–H groups in total. The Morgan fingerprint density at radius 1 is 1.30 bits per heavy atom. The van der Waals surface area contributed by atoms with Crippen LogP contribution in [0.3, 0.4) is 0 Å². The van der Waals surface area contributed by atoms with Crippen molar-refractivity contribution < 1.29 is 19.1 Å². The zero-order chi connectivity index (χ0) is 19.9. The van der Waals surface area contributed by atoms with Crippen LogP contribution in [0.4, 0.5) is 0 Å². The molecule has 2 aliphatic heterocycles. The normalized spacial score (nSPS) is 31.1. The number of carbonyl (C=O) groups excluding carboxylic acids is 3. The van der Waals surface area contributed by atoms with Crippen LogP contribution < -0.4 is 5.32 Å². The van der Waals surface area contributed by atoms with Crippen LogP contribution in [0.2, 0.25) is 0 Å². The second-order valence-electron chi connectivity index (χ2n) is 7.46. The van der Waals surface area contributed by atoms with Gasteiger partial charge in [0.2, 0.25) is 11.8 Å². The van der Waals surface area contributed by atoms with Crippen molar-refractivity contribution >= 4 is 29.5 Å². The zero-order valence-corrected chi connectivity index (χ0v) is 17.1. The van der Waals surface area contributed by atoms with Crippen molar-refractivity contribution in [2.75, 3.05) is 14.2 Å². The van der Waals surface area contributed by atoms with Gasteiger partial charge < -0.3 is 4.74 Å². The summed E-state index contributed by atoms with van der Waals surface area (Å²) in [6.07, 6.45) is 1.08. The maximum Gasteiger partial charge on any atom is 0.326 e. The highest BCUT2D eigenvalue weighted by Gasteiger charge is 2.66. The molecule has 0 spiro atoms. The molecule has 0 aliphatic carbocycles. The first-order valence-electron chi connectivity index (χ1n) is 9.18. The Hall–Kier alpha value is -1.86. The van der Waals surface area contributed by atoms with Crippen LogP contribution in [-0.2, 0) is 19.1 Å². The van der Waals surface area contributed by atoms with Gasteiger partial charge in [0.05, 0.1) is 18.9 Å². The van der Waals surface area contributed by atoms with Gasteiger partial charge in [0.1, 0.15) is 5.54 Å². The van der Waals surface area contributed by atoms with Crippen molar-refractivity contribution in [1.29, 1.82) is 0 Å². The molecule has 3 rings (SSSR count). The molecule has 0 bridgehead atoms. The van der Waals surface area contributed by atoms with Gasteiger partial charge in [-0.05, 0) is 31.0 Å². The second-order valence-corrected chi connectivity index (χ2v) is 8.97. The molecule has 0 radical (unpaired) electrons. The number of amides is 2. The van der Waals surface area contributed by atoms with E-state index in [4.69, 9.17) is 4.74 Å². The molecule has 1 aromatic carbocycles. The molecule has 2 saturated heterocycles. The number of ether oxygens (including phenoxy) is 1. The number of imide groups is 1. The summed E-state index contributed by atoms with van der Waals surface area (Å²) in [4.78, 5) is 40.2. The minimum atomic E-state index is -1.23. The van der Waals surface area contributed by atoms with E-state index in [0.29, 0.717) is 5.25 Å². The standard InChI is InChI=1S/C20H26N2O4S/c1-6-11(2)27-13-9-7-12(8-10-13)16-14-15(18(24)22(4)17(14)23)20(3,21-16)19(25)26-5/h7-11,14-16,21H,6H2,1-5H3/t11?,14-,15-,16-,20-/m1/s1. The summed E-state index contributed by atoms with van der Waals surface area (Å²) in [5.74, 6) is -2.49. The number of methoxy groups -OCH3 is 1. The van der Waals surface area contributed by atoms with Crippen molar-refractivity contribution in [3.8, 4) is 0 Å². The molecule has 7 heteroatoms. The van der Waals surface area contributed by atoms with Gasteiger partial charge in [0.25, 0.3) is 0 Å². The van der Waals surface area contributed by atoms with E-state index in [1.54, 1.807) is 18.7 Å². The van der Waals surface area contributed by atoms with Crippen LogP contribution in [0.5, 0.6) is 0 Å². The highest BCUT2D eigenvalue weighted by atomic mass is 32.2. The molecule has 27 heavy (non-hydrogen) atoms. The molecular weight excluding hydrogens is 364 g/mol. The number of hydrogen-bond donors (Lipinski definition) is 1. The molecule has 0 saturated carbocycles. The van der Waals surface area contributed by atoms with Crippen LogP contribution in [0, 0.1) is 11.8 Å². The lowest BCUT2D eigenvalue weighted by Gasteiger charge is -2.27. The maximum absolute atomic E-state index is 12.7. The van der Waals surface area contributed by atoms with Gasteiger partial charge >= 0.3 is 5.97 Å². The molecule has 6 nitrogen and oxygen atoms in total. The van der Waals surface area contributed by atoms with Gasteiger partial charge in [-0.2, -0.15) is 0 Å². The van der Waals surface area contributed by atoms with Crippen molar-refractivity contribution in [1.82, 2.24) is 10.2 Å². The number of benzene rings is 1.